The van der Waals surface area contributed by atoms with Crippen LogP contribution in [0.3, 0.4) is 0 Å². The van der Waals surface area contributed by atoms with Gasteiger partial charge in [-0.2, -0.15) is 0 Å². The number of anilines is 1. The summed E-state index contributed by atoms with van der Waals surface area (Å²) in [4.78, 5) is 28.0. The highest BCUT2D eigenvalue weighted by atomic mass is 16.2. The van der Waals surface area contributed by atoms with Gasteiger partial charge in [0.2, 0.25) is 0 Å². The normalized spacial score (nSPS) is 20.8. The van der Waals surface area contributed by atoms with Gasteiger partial charge in [0.1, 0.15) is 0 Å². The van der Waals surface area contributed by atoms with Gasteiger partial charge in [0.15, 0.2) is 5.78 Å². The van der Waals surface area contributed by atoms with Crippen molar-refractivity contribution in [1.82, 2.24) is 4.90 Å². The highest BCUT2D eigenvalue weighted by Crippen LogP contribution is 2.46. The number of amides is 2. The largest absolute Gasteiger partial charge is 0.330 e. The third-order valence-corrected chi connectivity index (χ3v) is 5.50. The first-order chi connectivity index (χ1) is 13.9. The Bertz CT molecular complexity index is 1000. The van der Waals surface area contributed by atoms with E-state index in [1.165, 1.54) is 0 Å². The molecule has 4 heteroatoms. The van der Waals surface area contributed by atoms with Crippen LogP contribution in [0.15, 0.2) is 77.6 Å². The fourth-order valence-electron chi connectivity index (χ4n) is 4.25. The molecule has 0 aromatic heterocycles. The first-order valence-corrected chi connectivity index (χ1v) is 9.93. The number of allylic oxidation sites excluding steroid dienone is 4. The second kappa shape index (κ2) is 7.36. The van der Waals surface area contributed by atoms with E-state index in [0.717, 1.165) is 22.6 Å². The number of nitrogens with zero attached hydrogens (tertiary/aromatic N) is 1. The van der Waals surface area contributed by atoms with Crippen molar-refractivity contribution >= 4 is 17.5 Å². The zero-order valence-electron chi connectivity index (χ0n) is 17.0. The highest BCUT2D eigenvalue weighted by molar-refractivity contribution is 6.01. The Hall–Kier alpha value is -3.14. The number of carbonyl (C=O) groups is 2. The summed E-state index contributed by atoms with van der Waals surface area (Å²) in [6.07, 6.45) is 4.55. The SMILES string of the molecule is CC1=[C]C(c2ccccc2)C2=C(CC(C)(C)CC2=O)N1C(=O)Nc1ccccc1. The van der Waals surface area contributed by atoms with Crippen molar-refractivity contribution in [3.63, 3.8) is 0 Å². The highest BCUT2D eigenvalue weighted by Gasteiger charge is 2.42. The van der Waals surface area contributed by atoms with Crippen molar-refractivity contribution in [2.45, 2.75) is 39.5 Å². The minimum atomic E-state index is -0.259. The molecule has 0 fully saturated rings. The maximum atomic E-state index is 13.2. The van der Waals surface area contributed by atoms with Crippen molar-refractivity contribution in [2.24, 2.45) is 5.41 Å². The molecule has 147 valence electrons. The average Bonchev–Trinajstić information content (AvgIpc) is 2.67. The summed E-state index contributed by atoms with van der Waals surface area (Å²) in [5.41, 5.74) is 3.76. The summed E-state index contributed by atoms with van der Waals surface area (Å²) in [7, 11) is 0. The van der Waals surface area contributed by atoms with Crippen LogP contribution in [-0.4, -0.2) is 16.7 Å². The second-order valence-corrected chi connectivity index (χ2v) is 8.51. The van der Waals surface area contributed by atoms with Crippen molar-refractivity contribution in [3.8, 4) is 0 Å². The zero-order chi connectivity index (χ0) is 20.6. The summed E-state index contributed by atoms with van der Waals surface area (Å²) in [5.74, 6) is -0.141. The monoisotopic (exact) mass is 385 g/mol. The molecule has 2 aliphatic rings. The number of rotatable bonds is 2. The number of Topliss-reactive ketones (excluding diaryl/α,β-unsaturated/α-hetero) is 1. The Morgan fingerprint density at radius 1 is 1.03 bits per heavy atom. The molecule has 2 aromatic rings. The molecule has 0 bridgehead atoms. The van der Waals surface area contributed by atoms with E-state index in [2.05, 4.69) is 25.2 Å². The van der Waals surface area contributed by atoms with E-state index in [4.69, 9.17) is 0 Å². The van der Waals surface area contributed by atoms with E-state index in [1.807, 2.05) is 67.6 Å². The van der Waals surface area contributed by atoms with Crippen molar-refractivity contribution in [1.29, 1.82) is 0 Å². The van der Waals surface area contributed by atoms with Gasteiger partial charge in [-0.3, -0.25) is 9.69 Å². The number of hydrogen-bond donors (Lipinski definition) is 1. The summed E-state index contributed by atoms with van der Waals surface area (Å²) >= 11 is 0. The Balaban J connectivity index is 1.78. The zero-order valence-corrected chi connectivity index (χ0v) is 17.0. The van der Waals surface area contributed by atoms with Gasteiger partial charge in [-0.15, -0.1) is 0 Å². The van der Waals surface area contributed by atoms with E-state index in [9.17, 15) is 9.59 Å². The summed E-state index contributed by atoms with van der Waals surface area (Å²) in [6.45, 7) is 6.05. The van der Waals surface area contributed by atoms with Crippen molar-refractivity contribution in [3.05, 3.63) is 89.3 Å². The lowest BCUT2D eigenvalue weighted by Crippen LogP contribution is -2.42. The molecule has 1 heterocycles. The standard InChI is InChI=1S/C25H25N2O2/c1-17-14-20(18-10-6-4-7-11-18)23-21(15-25(2,3)16-22(23)28)27(17)24(29)26-19-12-8-5-9-13-19/h4-13,20H,15-16H2,1-3H3,(H,26,29). The van der Waals surface area contributed by atoms with Crippen LogP contribution in [0.2, 0.25) is 0 Å². The third-order valence-electron chi connectivity index (χ3n) is 5.50. The first-order valence-electron chi connectivity index (χ1n) is 9.93. The molecule has 1 aliphatic heterocycles. The number of benzene rings is 2. The molecular weight excluding hydrogens is 360 g/mol. The lowest BCUT2D eigenvalue weighted by atomic mass is 9.70. The molecule has 1 N–H and O–H groups in total. The van der Waals surface area contributed by atoms with Crippen molar-refractivity contribution < 1.29 is 9.59 Å². The Labute approximate surface area is 171 Å². The molecule has 1 atom stereocenters. The van der Waals surface area contributed by atoms with E-state index in [-0.39, 0.29) is 23.1 Å². The number of urea groups is 1. The maximum absolute atomic E-state index is 13.2. The van der Waals surface area contributed by atoms with Gasteiger partial charge in [0.25, 0.3) is 0 Å². The number of ketones is 1. The predicted octanol–water partition coefficient (Wildman–Crippen LogP) is 5.67. The van der Waals surface area contributed by atoms with Gasteiger partial charge in [-0.25, -0.2) is 4.79 Å². The van der Waals surface area contributed by atoms with E-state index >= 15 is 0 Å². The van der Waals surface area contributed by atoms with Gasteiger partial charge in [-0.1, -0.05) is 62.4 Å². The second-order valence-electron chi connectivity index (χ2n) is 8.51. The molecule has 4 rings (SSSR count). The molecule has 0 spiro atoms. The lowest BCUT2D eigenvalue weighted by molar-refractivity contribution is -0.118. The minimum Gasteiger partial charge on any atom is -0.307 e. The number of nitrogens with one attached hydrogen (secondary N) is 1. The Morgan fingerprint density at radius 2 is 1.66 bits per heavy atom. The van der Waals surface area contributed by atoms with Gasteiger partial charge < -0.3 is 5.32 Å². The van der Waals surface area contributed by atoms with Crippen LogP contribution in [-0.2, 0) is 4.79 Å². The van der Waals surface area contributed by atoms with Crippen LogP contribution >= 0.6 is 0 Å². The number of para-hydroxylation sites is 1. The quantitative estimate of drug-likeness (QED) is 0.724. The minimum absolute atomic E-state index is 0.0996. The smallest absolute Gasteiger partial charge is 0.307 e. The average molecular weight is 385 g/mol. The molecule has 0 saturated heterocycles. The van der Waals surface area contributed by atoms with Gasteiger partial charge >= 0.3 is 6.03 Å². The Kier molecular flexibility index (Phi) is 4.87. The van der Waals surface area contributed by atoms with Crippen molar-refractivity contribution in [2.75, 3.05) is 5.32 Å². The fourth-order valence-corrected chi connectivity index (χ4v) is 4.25. The topological polar surface area (TPSA) is 49.4 Å². The van der Waals surface area contributed by atoms with Crippen LogP contribution in [0.1, 0.15) is 45.1 Å². The van der Waals surface area contributed by atoms with E-state index in [0.29, 0.717) is 18.4 Å². The van der Waals surface area contributed by atoms with Crippen LogP contribution < -0.4 is 5.32 Å². The maximum Gasteiger partial charge on any atom is 0.330 e. The molecule has 2 amide bonds. The van der Waals surface area contributed by atoms with Gasteiger partial charge in [0, 0.05) is 35.0 Å². The van der Waals surface area contributed by atoms with Crippen LogP contribution in [0.4, 0.5) is 10.5 Å². The third kappa shape index (κ3) is 3.75. The fraction of sp³-hybridized carbons (Fsp3) is 0.280. The first kappa shape index (κ1) is 19.2. The van der Waals surface area contributed by atoms with Gasteiger partial charge in [0.05, 0.1) is 0 Å². The molecule has 29 heavy (non-hydrogen) atoms. The predicted molar refractivity (Wildman–Crippen MR) is 114 cm³/mol. The van der Waals surface area contributed by atoms with Crippen LogP contribution in [0.5, 0.6) is 0 Å². The van der Waals surface area contributed by atoms with Crippen LogP contribution in [0, 0.1) is 11.5 Å². The van der Waals surface area contributed by atoms with Gasteiger partial charge in [-0.05, 0) is 42.5 Å². The molecule has 0 saturated carbocycles. The molecular formula is C25H25N2O2. The summed E-state index contributed by atoms with van der Waals surface area (Å²) in [6, 6.07) is 19.0. The number of hydrogen-bond acceptors (Lipinski definition) is 2. The summed E-state index contributed by atoms with van der Waals surface area (Å²) in [5, 5.41) is 2.95. The lowest BCUT2D eigenvalue weighted by Gasteiger charge is -2.41. The van der Waals surface area contributed by atoms with Crippen LogP contribution in [0.25, 0.3) is 0 Å². The Morgan fingerprint density at radius 3 is 2.31 bits per heavy atom. The summed E-state index contributed by atoms with van der Waals surface area (Å²) < 4.78 is 0. The van der Waals surface area contributed by atoms with E-state index in [1.54, 1.807) is 4.90 Å². The molecule has 4 nitrogen and oxygen atoms in total. The number of carbonyl (C=O) groups excluding carboxylic acids is 2. The molecule has 1 aliphatic carbocycles. The molecule has 1 unspecified atom stereocenters. The molecule has 1 radical (unpaired) electrons. The molecule has 2 aromatic carbocycles. The van der Waals surface area contributed by atoms with E-state index < -0.39 is 0 Å².